The van der Waals surface area contributed by atoms with E-state index in [1.807, 2.05) is 36.7 Å². The molecule has 0 N–H and O–H groups in total. The average Bonchev–Trinajstić information content (AvgIpc) is 2.81. The molecule has 0 aliphatic heterocycles. The van der Waals surface area contributed by atoms with Crippen molar-refractivity contribution in [2.45, 2.75) is 96.3 Å². The van der Waals surface area contributed by atoms with E-state index in [9.17, 15) is 0 Å². The molecule has 0 bridgehead atoms. The number of hydrogen-bond donors (Lipinski definition) is 0. The fourth-order valence-corrected chi connectivity index (χ4v) is 4.74. The van der Waals surface area contributed by atoms with Crippen molar-refractivity contribution in [1.29, 1.82) is 5.26 Å². The second-order valence-electron chi connectivity index (χ2n) is 9.01. The molecule has 30 heavy (non-hydrogen) atoms. The molecule has 1 fully saturated rings. The van der Waals surface area contributed by atoms with Crippen LogP contribution in [0.15, 0.2) is 36.7 Å². The van der Waals surface area contributed by atoms with Crippen LogP contribution in [0, 0.1) is 17.2 Å². The maximum absolute atomic E-state index is 8.92. The van der Waals surface area contributed by atoms with E-state index in [0.717, 1.165) is 17.3 Å². The van der Waals surface area contributed by atoms with E-state index < -0.39 is 0 Å². The quantitative estimate of drug-likeness (QED) is 0.359. The molecule has 0 amide bonds. The highest BCUT2D eigenvalue weighted by molar-refractivity contribution is 5.56. The highest BCUT2D eigenvalue weighted by Crippen LogP contribution is 2.37. The summed E-state index contributed by atoms with van der Waals surface area (Å²) >= 11 is 0. The third-order valence-electron chi connectivity index (χ3n) is 6.73. The van der Waals surface area contributed by atoms with Gasteiger partial charge in [-0.1, -0.05) is 64.7 Å². The van der Waals surface area contributed by atoms with E-state index in [-0.39, 0.29) is 0 Å². The first-order valence-electron chi connectivity index (χ1n) is 12.1. The van der Waals surface area contributed by atoms with Crippen molar-refractivity contribution in [1.82, 2.24) is 9.97 Å². The molecule has 3 rings (SSSR count). The van der Waals surface area contributed by atoms with Crippen LogP contribution in [0.1, 0.15) is 107 Å². The van der Waals surface area contributed by atoms with Gasteiger partial charge >= 0.3 is 0 Å². The van der Waals surface area contributed by atoms with E-state index >= 15 is 0 Å². The van der Waals surface area contributed by atoms with Crippen molar-refractivity contribution in [3.63, 3.8) is 0 Å². The van der Waals surface area contributed by atoms with Gasteiger partial charge in [0, 0.05) is 18.0 Å². The van der Waals surface area contributed by atoms with Crippen molar-refractivity contribution in [2.75, 3.05) is 0 Å². The molecule has 1 aliphatic rings. The number of nitriles is 1. The number of unbranched alkanes of at least 4 members (excludes halogenated alkanes) is 7. The predicted molar refractivity (Wildman–Crippen MR) is 124 cm³/mol. The molecular formula is C27H37N3. The van der Waals surface area contributed by atoms with Gasteiger partial charge in [-0.2, -0.15) is 5.26 Å². The van der Waals surface area contributed by atoms with E-state index in [1.165, 1.54) is 89.0 Å². The fourth-order valence-electron chi connectivity index (χ4n) is 4.74. The molecule has 1 aliphatic carbocycles. The Morgan fingerprint density at radius 2 is 1.43 bits per heavy atom. The molecule has 3 heteroatoms. The predicted octanol–water partition coefficient (Wildman–Crippen LogP) is 7.82. The van der Waals surface area contributed by atoms with Gasteiger partial charge in [0.05, 0.1) is 11.6 Å². The topological polar surface area (TPSA) is 49.6 Å². The largest absolute Gasteiger partial charge is 0.236 e. The van der Waals surface area contributed by atoms with E-state index in [1.54, 1.807) is 0 Å². The Hall–Kier alpha value is -2.21. The van der Waals surface area contributed by atoms with Gasteiger partial charge in [0.1, 0.15) is 0 Å². The monoisotopic (exact) mass is 403 g/mol. The summed E-state index contributed by atoms with van der Waals surface area (Å²) in [7, 11) is 0. The maximum atomic E-state index is 8.92. The number of benzene rings is 1. The van der Waals surface area contributed by atoms with Crippen LogP contribution in [0.25, 0.3) is 11.4 Å². The molecule has 0 unspecified atom stereocenters. The number of aromatic nitrogens is 2. The number of hydrogen-bond acceptors (Lipinski definition) is 3. The summed E-state index contributed by atoms with van der Waals surface area (Å²) in [6.45, 7) is 2.29. The molecule has 0 radical (unpaired) electrons. The Morgan fingerprint density at radius 1 is 0.833 bits per heavy atom. The van der Waals surface area contributed by atoms with Crippen LogP contribution in [0.2, 0.25) is 0 Å². The summed E-state index contributed by atoms with van der Waals surface area (Å²) in [4.78, 5) is 9.20. The zero-order valence-electron chi connectivity index (χ0n) is 18.7. The third kappa shape index (κ3) is 6.94. The molecule has 2 aromatic rings. The second kappa shape index (κ2) is 12.5. The molecule has 3 nitrogen and oxygen atoms in total. The normalized spacial score (nSPS) is 18.8. The van der Waals surface area contributed by atoms with Crippen LogP contribution >= 0.6 is 0 Å². The molecule has 1 saturated carbocycles. The smallest absolute Gasteiger partial charge is 0.159 e. The molecule has 1 heterocycles. The Morgan fingerprint density at radius 3 is 2.03 bits per heavy atom. The fraction of sp³-hybridized carbons (Fsp3) is 0.593. The molecule has 160 valence electrons. The average molecular weight is 404 g/mol. The van der Waals surface area contributed by atoms with Crippen LogP contribution in [0.5, 0.6) is 0 Å². The van der Waals surface area contributed by atoms with Gasteiger partial charge in [-0.3, -0.25) is 0 Å². The first-order chi connectivity index (χ1) is 14.8. The van der Waals surface area contributed by atoms with Crippen molar-refractivity contribution < 1.29 is 0 Å². The zero-order chi connectivity index (χ0) is 21.0. The summed E-state index contributed by atoms with van der Waals surface area (Å²) in [5, 5.41) is 8.92. The van der Waals surface area contributed by atoms with Crippen LogP contribution in [0.4, 0.5) is 0 Å². The number of rotatable bonds is 11. The van der Waals surface area contributed by atoms with Gasteiger partial charge in [0.15, 0.2) is 5.82 Å². The molecular weight excluding hydrogens is 366 g/mol. The molecule has 0 atom stereocenters. The highest BCUT2D eigenvalue weighted by atomic mass is 14.9. The van der Waals surface area contributed by atoms with E-state index in [4.69, 9.17) is 5.26 Å². The van der Waals surface area contributed by atoms with Crippen molar-refractivity contribution in [3.05, 3.63) is 47.8 Å². The summed E-state index contributed by atoms with van der Waals surface area (Å²) in [5.41, 5.74) is 2.92. The molecule has 1 aromatic heterocycles. The SMILES string of the molecule is CCCCCCCCCC[C@H]1CC[C@H](c2cnc(-c3ccc(C#N)cc3)nc2)CC1. The Kier molecular flexibility index (Phi) is 9.35. The zero-order valence-corrected chi connectivity index (χ0v) is 18.7. The second-order valence-corrected chi connectivity index (χ2v) is 9.01. The summed E-state index contributed by atoms with van der Waals surface area (Å²) in [6.07, 6.45) is 22.1. The highest BCUT2D eigenvalue weighted by Gasteiger charge is 2.22. The van der Waals surface area contributed by atoms with Gasteiger partial charge in [-0.15, -0.1) is 0 Å². The van der Waals surface area contributed by atoms with Gasteiger partial charge in [-0.25, -0.2) is 9.97 Å². The molecule has 0 saturated heterocycles. The van der Waals surface area contributed by atoms with E-state index in [2.05, 4.69) is 23.0 Å². The Labute approximate surface area is 183 Å². The summed E-state index contributed by atoms with van der Waals surface area (Å²) in [6, 6.07) is 9.63. The minimum Gasteiger partial charge on any atom is -0.236 e. The lowest BCUT2D eigenvalue weighted by Crippen LogP contribution is -2.14. The van der Waals surface area contributed by atoms with Gasteiger partial charge in [-0.05, 0) is 67.3 Å². The Balaban J connectivity index is 1.36. The molecule has 1 aromatic carbocycles. The van der Waals surface area contributed by atoms with Gasteiger partial charge in [0.2, 0.25) is 0 Å². The lowest BCUT2D eigenvalue weighted by molar-refractivity contribution is 0.301. The Bertz CT molecular complexity index is 765. The van der Waals surface area contributed by atoms with Crippen LogP contribution < -0.4 is 0 Å². The maximum Gasteiger partial charge on any atom is 0.159 e. The first kappa shape index (κ1) is 22.5. The minimum atomic E-state index is 0.620. The van der Waals surface area contributed by atoms with E-state index in [0.29, 0.717) is 11.5 Å². The minimum absolute atomic E-state index is 0.620. The summed E-state index contributed by atoms with van der Waals surface area (Å²) < 4.78 is 0. The lowest BCUT2D eigenvalue weighted by atomic mass is 9.77. The first-order valence-corrected chi connectivity index (χ1v) is 12.1. The summed E-state index contributed by atoms with van der Waals surface area (Å²) in [5.74, 6) is 2.29. The van der Waals surface area contributed by atoms with Crippen LogP contribution in [-0.2, 0) is 0 Å². The lowest BCUT2D eigenvalue weighted by Gasteiger charge is -2.28. The standard InChI is InChI=1S/C27H37N3/c1-2-3-4-5-6-7-8-9-10-22-11-15-24(16-12-22)26-20-29-27(30-21-26)25-17-13-23(19-28)14-18-25/h13-14,17-18,20-22,24H,2-12,15-16H2,1H3/t22-,24-. The van der Waals surface area contributed by atoms with Crippen molar-refractivity contribution in [3.8, 4) is 17.5 Å². The number of nitrogens with zero attached hydrogens (tertiary/aromatic N) is 3. The van der Waals surface area contributed by atoms with Crippen molar-refractivity contribution >= 4 is 0 Å². The van der Waals surface area contributed by atoms with Crippen molar-refractivity contribution in [2.24, 2.45) is 5.92 Å². The molecule has 0 spiro atoms. The van der Waals surface area contributed by atoms with Crippen LogP contribution in [-0.4, -0.2) is 9.97 Å². The van der Waals surface area contributed by atoms with Crippen LogP contribution in [0.3, 0.4) is 0 Å². The van der Waals surface area contributed by atoms with Gasteiger partial charge in [0.25, 0.3) is 0 Å². The van der Waals surface area contributed by atoms with Gasteiger partial charge < -0.3 is 0 Å². The third-order valence-corrected chi connectivity index (χ3v) is 6.73.